The van der Waals surface area contributed by atoms with Gasteiger partial charge in [0.2, 0.25) is 52.6 Å². The van der Waals surface area contributed by atoms with E-state index in [0.717, 1.165) is 57.4 Å². The number of nitrogens with zero attached hydrogens (tertiary/aromatic N) is 1. The summed E-state index contributed by atoms with van der Waals surface area (Å²) in [6, 6.07) is -4.53. The van der Waals surface area contributed by atoms with Crippen LogP contribution >= 0.6 is 55.9 Å². The minimum atomic E-state index is -2.03. The molecule has 0 bridgehead atoms. The number of amides is 8. The van der Waals surface area contributed by atoms with Crippen molar-refractivity contribution in [1.29, 1.82) is 0 Å². The van der Waals surface area contributed by atoms with E-state index in [4.69, 9.17) is 67.4 Å². The van der Waals surface area contributed by atoms with Gasteiger partial charge in [-0.1, -0.05) is 109 Å². The first-order valence-electron chi connectivity index (χ1n) is 42.6. The van der Waals surface area contributed by atoms with Gasteiger partial charge in [0.1, 0.15) is 48.7 Å². The maximum Gasteiger partial charge on any atom is 0.411 e. The predicted octanol–water partition coefficient (Wildman–Crippen LogP) is 4.95. The number of hydrogen-bond donors (Lipinski definition) is 13. The van der Waals surface area contributed by atoms with Crippen LogP contribution in [0.4, 0.5) is 4.79 Å². The molecular weight excluding hydrogens is 1830 g/mol. The molecule has 1 saturated carbocycles. The molecule has 21 atom stereocenters. The van der Waals surface area contributed by atoms with Crippen LogP contribution in [0.25, 0.3) is 0 Å². The zero-order valence-electron chi connectivity index (χ0n) is 75.0. The number of rotatable bonds is 36. The molecule has 17 unspecified atom stereocenters. The zero-order chi connectivity index (χ0) is 93.7. The lowest BCUT2D eigenvalue weighted by molar-refractivity contribution is -0.337. The number of halogens is 1. The van der Waals surface area contributed by atoms with E-state index in [2.05, 4.69) is 61.3 Å². The number of nitrogens with one attached hydrogen (secondary N) is 7. The summed E-state index contributed by atoms with van der Waals surface area (Å²) in [4.78, 5) is 142. The number of aliphatic hydroxyl groups excluding tert-OH is 4. The third-order valence-corrected chi connectivity index (χ3v) is 28.2. The van der Waals surface area contributed by atoms with E-state index in [-0.39, 0.29) is 103 Å². The van der Waals surface area contributed by atoms with Crippen LogP contribution in [0.1, 0.15) is 201 Å². The molecule has 127 heavy (non-hydrogen) atoms. The first-order chi connectivity index (χ1) is 60.3. The number of ketones is 1. The molecule has 710 valence electrons. The molecule has 4 heterocycles. The van der Waals surface area contributed by atoms with Crippen molar-refractivity contribution in [2.24, 2.45) is 5.73 Å². The van der Waals surface area contributed by atoms with Gasteiger partial charge in [0.15, 0.2) is 36.2 Å². The van der Waals surface area contributed by atoms with Gasteiger partial charge in [0.05, 0.1) is 103 Å². The van der Waals surface area contributed by atoms with Crippen molar-refractivity contribution in [3.63, 3.8) is 0 Å². The number of aliphatic hydroxyl groups is 5. The zero-order valence-corrected chi connectivity index (χ0v) is 79.6. The Morgan fingerprint density at radius 1 is 0.780 bits per heavy atom. The Morgan fingerprint density at radius 2 is 1.43 bits per heavy atom. The fourth-order valence-corrected chi connectivity index (χ4v) is 19.9. The largest absolute Gasteiger partial charge is 0.492 e. The summed E-state index contributed by atoms with van der Waals surface area (Å²) in [6.07, 6.45) is -6.35. The van der Waals surface area contributed by atoms with Gasteiger partial charge in [-0.2, -0.15) is 5.48 Å². The third kappa shape index (κ3) is 30.8. The number of hydroxylamine groups is 1. The molecule has 14 N–H and O–H groups in total. The van der Waals surface area contributed by atoms with E-state index >= 15 is 0 Å². The molecule has 7 rings (SSSR count). The van der Waals surface area contributed by atoms with Crippen LogP contribution in [0.3, 0.4) is 0 Å². The van der Waals surface area contributed by atoms with Gasteiger partial charge in [-0.05, 0) is 134 Å². The summed E-state index contributed by atoms with van der Waals surface area (Å²) in [5.74, 6) is 6.32. The number of carbonyl (C=O) groups is 10. The fraction of sp³-hybridized carbons (Fsp3) is 0.698. The molecule has 1 aromatic carbocycles. The number of hydrogen-bond acceptors (Lipinski definition) is 32. The van der Waals surface area contributed by atoms with Crippen molar-refractivity contribution in [3.8, 4) is 40.9 Å². The summed E-state index contributed by atoms with van der Waals surface area (Å²) < 4.78 is 72.5. The molecule has 41 heteroatoms. The van der Waals surface area contributed by atoms with Crippen LogP contribution < -0.4 is 57.5 Å². The normalized spacial score (nSPS) is 28.5. The molecule has 0 aromatic heterocycles. The van der Waals surface area contributed by atoms with Gasteiger partial charge in [-0.25, -0.2) is 4.79 Å². The second-order valence-electron chi connectivity index (χ2n) is 32.7. The van der Waals surface area contributed by atoms with E-state index in [1.165, 1.54) is 109 Å². The standard InChI is InChI=1S/C86H128IN9O28S3/c1-17-19-20-25-30-34-57(66-52(86(11,111)42-56(99)69(66)92-84(110)116-16)37-38-125-127-85(9,10)43-62(103)93-94-79(107)46(4)89-80(108)53(39-59(88)100)91-61(102)36-31-35-60(101)90-51-32-28-26-23-21-22-24-27-29-33-51)121-83-76(122-63-41-58(112-12)54(44-117-63)96(18-2)50(8)97)71(105)68(47(5)119-83)95-124-64-40-55(98)78(49(7)118-64)126-81(109)65-45(3)67(87)74(77(115-15)73(65)113-13)123-82-72(106)75(114-14)70(104)48(6)120-82/h20,25,37,46-49,51,53-55,57-58,63-64,68,70-72,75-76,78,82-83,95,98,104-106,111H,18,21-24,26-29,31-33,35-36,38-44H2,1-16H3,(H2,88,100)(H,89,108)(H,90,101)(H,91,102)(H,92,110)(H,93,103)(H,94,107)/b25-20-,52-37+/t46-,47?,48?,49?,53-,54?,55?,57-,58?,63?,64?,68?,70?,71?,72?,75?,76?,78?,82?,83?,86-/m0/s1. The van der Waals surface area contributed by atoms with Crippen LogP contribution in [0, 0.1) is 34.2 Å². The molecule has 0 spiro atoms. The minimum absolute atomic E-state index is 0.0100. The quantitative estimate of drug-likeness (QED) is 0.0139. The second kappa shape index (κ2) is 51.7. The average Bonchev–Trinajstić information content (AvgIpc) is 0.776. The van der Waals surface area contributed by atoms with E-state index in [9.17, 15) is 73.5 Å². The lowest BCUT2D eigenvalue weighted by atomic mass is 9.76. The Hall–Kier alpha value is -6.96. The van der Waals surface area contributed by atoms with Crippen LogP contribution in [-0.4, -0.2) is 281 Å². The van der Waals surface area contributed by atoms with Crippen molar-refractivity contribution in [1.82, 2.24) is 42.5 Å². The smallest absolute Gasteiger partial charge is 0.411 e. The van der Waals surface area contributed by atoms with Crippen LogP contribution in [0.5, 0.6) is 17.2 Å². The van der Waals surface area contributed by atoms with E-state index in [1.54, 1.807) is 66.4 Å². The number of alkyl carbamates (subject to hydrolysis) is 1. The third-order valence-electron chi connectivity index (χ3n) is 22.4. The maximum atomic E-state index is 14.6. The van der Waals surface area contributed by atoms with Crippen molar-refractivity contribution in [2.75, 3.05) is 54.5 Å². The van der Waals surface area contributed by atoms with E-state index < -0.39 is 197 Å². The number of hydrazine groups is 1. The highest BCUT2D eigenvalue weighted by Crippen LogP contribution is 2.50. The lowest BCUT2D eigenvalue weighted by Gasteiger charge is -2.47. The van der Waals surface area contributed by atoms with E-state index in [0.29, 0.717) is 15.7 Å². The van der Waals surface area contributed by atoms with Crippen molar-refractivity contribution >= 4 is 114 Å². The van der Waals surface area contributed by atoms with Crippen molar-refractivity contribution in [2.45, 2.75) is 330 Å². The SMILES string of the molecule is CC#C/C=C\C#C[C@H](OC1OC(C)C(NOC2CC(O)C(SC(=O)c3c(C)c(I)c(OC4OC(C)C(O)C(OC)C4O)c(OC)c3OC)C(C)O2)C(O)C1OC1CC(OC)C(N(CC)C(C)=O)CO1)C1=C(NC(=O)OC)C(=O)C[C@](C)(O)/C1=C/CSSC(C)(C)CC(=O)NNC(=O)[C@H](C)NC(=O)[C@H](CC(N)=O)NC(=O)CCCC(=O)NC1CCCCCCCCCC1. The van der Waals surface area contributed by atoms with Crippen LogP contribution in [0.2, 0.25) is 0 Å². The topological polar surface area (TPSA) is 505 Å². The van der Waals surface area contributed by atoms with Gasteiger partial charge in [-0.3, -0.25) is 64.2 Å². The molecule has 4 saturated heterocycles. The highest BCUT2D eigenvalue weighted by molar-refractivity contribution is 14.1. The van der Waals surface area contributed by atoms with Gasteiger partial charge >= 0.3 is 6.09 Å². The number of primary amides is 1. The monoisotopic (exact) mass is 1960 g/mol. The van der Waals surface area contributed by atoms with E-state index in [1.807, 2.05) is 22.6 Å². The number of nitrogens with two attached hydrogens (primary N) is 1. The summed E-state index contributed by atoms with van der Waals surface area (Å²) in [7, 11) is 8.98. The summed E-state index contributed by atoms with van der Waals surface area (Å²) in [6.45, 7) is 17.7. The molecule has 6 aliphatic rings. The summed E-state index contributed by atoms with van der Waals surface area (Å²) >= 11 is 2.75. The van der Waals surface area contributed by atoms with Crippen molar-refractivity contribution < 1.29 is 135 Å². The number of Topliss-reactive ketones (excluding diaryl/α,β-unsaturated/α-hetero) is 1. The molecule has 0 radical (unpaired) electrons. The minimum Gasteiger partial charge on any atom is -0.492 e. The van der Waals surface area contributed by atoms with Gasteiger partial charge in [-0.15, -0.1) is 5.92 Å². The molecule has 8 amide bonds. The Kier molecular flexibility index (Phi) is 43.6. The lowest BCUT2D eigenvalue weighted by Crippen LogP contribution is -2.65. The second-order valence-corrected chi connectivity index (χ2v) is 38.0. The van der Waals surface area contributed by atoms with Crippen molar-refractivity contribution in [3.05, 3.63) is 49.8 Å². The molecule has 1 aromatic rings. The predicted molar refractivity (Wildman–Crippen MR) is 477 cm³/mol. The molecular formula is C86H128IN9O28S3. The summed E-state index contributed by atoms with van der Waals surface area (Å²) in [5, 5.41) is 68.3. The fourth-order valence-electron chi connectivity index (χ4n) is 15.7. The highest BCUT2D eigenvalue weighted by atomic mass is 127. The van der Waals surface area contributed by atoms with Crippen LogP contribution in [-0.2, 0) is 85.8 Å². The molecule has 5 fully saturated rings. The number of benzene rings is 1. The Bertz CT molecular complexity index is 4150. The van der Waals surface area contributed by atoms with Gasteiger partial charge in [0, 0.05) is 88.3 Å². The Morgan fingerprint density at radius 3 is 2.05 bits per heavy atom. The Labute approximate surface area is 767 Å². The molecule has 37 nitrogen and oxygen atoms in total. The number of likely N-dealkylation sites (N-methyl/N-ethyl adjacent to an activating group) is 1. The molecule has 4 aliphatic heterocycles. The van der Waals surface area contributed by atoms with Crippen LogP contribution in [0.15, 0.2) is 35.1 Å². The number of allylic oxidation sites excluding steroid dienone is 3. The number of ether oxygens (including phenoxy) is 12. The summed E-state index contributed by atoms with van der Waals surface area (Å²) in [5.41, 5.74) is 10.9. The maximum absolute atomic E-state index is 14.6. The molecule has 2 aliphatic carbocycles. The number of thioether (sulfide) groups is 1. The number of carbonyl (C=O) groups excluding carboxylic acids is 10. The highest BCUT2D eigenvalue weighted by Gasteiger charge is 2.53. The average molecular weight is 1960 g/mol. The number of methoxy groups -OCH3 is 5. The van der Waals surface area contributed by atoms with Gasteiger partial charge < -0.3 is 109 Å². The first kappa shape index (κ1) is 107. The first-order valence-corrected chi connectivity index (χ1v) is 46.9. The Balaban J connectivity index is 1.07. The van der Waals surface area contributed by atoms with Gasteiger partial charge in [0.25, 0.3) is 5.91 Å².